The first kappa shape index (κ1) is 44.7. The predicted octanol–water partition coefficient (Wildman–Crippen LogP) is 3.31. The van der Waals surface area contributed by atoms with Crippen LogP contribution in [0.5, 0.6) is 0 Å². The number of esters is 2. The number of hydrogen-bond donors (Lipinski definition) is 3. The summed E-state index contributed by atoms with van der Waals surface area (Å²) in [6, 6.07) is 4.04. The third-order valence-electron chi connectivity index (χ3n) is 7.54. The van der Waals surface area contributed by atoms with Crippen molar-refractivity contribution in [3.05, 3.63) is 47.4 Å². The van der Waals surface area contributed by atoms with Gasteiger partial charge in [0.15, 0.2) is 9.84 Å². The Kier molecular flexibility index (Phi) is 15.6. The van der Waals surface area contributed by atoms with E-state index >= 15 is 0 Å². The van der Waals surface area contributed by atoms with Crippen LogP contribution in [-0.2, 0) is 54.6 Å². The molecular weight excluding hydrogens is 708 g/mol. The van der Waals surface area contributed by atoms with Crippen molar-refractivity contribution in [2.75, 3.05) is 12.8 Å². The Morgan fingerprint density at radius 1 is 0.849 bits per heavy atom. The molecule has 0 unspecified atom stereocenters. The fourth-order valence-electron chi connectivity index (χ4n) is 5.27. The normalized spacial score (nSPS) is 16.9. The number of carbonyl (C=O) groups excluding carboxylic acids is 6. The molecule has 296 valence electrons. The molecule has 1 aromatic rings. The van der Waals surface area contributed by atoms with E-state index in [4.69, 9.17) is 14.2 Å². The Morgan fingerprint density at radius 3 is 1.94 bits per heavy atom. The van der Waals surface area contributed by atoms with Gasteiger partial charge in [-0.3, -0.25) is 24.0 Å². The summed E-state index contributed by atoms with van der Waals surface area (Å²) < 4.78 is 39.7. The van der Waals surface area contributed by atoms with E-state index in [2.05, 4.69) is 16.0 Å². The molecule has 16 heteroatoms. The van der Waals surface area contributed by atoms with Crippen molar-refractivity contribution in [1.82, 2.24) is 20.9 Å². The van der Waals surface area contributed by atoms with Crippen LogP contribution in [0.3, 0.4) is 0 Å². The minimum absolute atomic E-state index is 0.0996. The maximum atomic E-state index is 14.2. The summed E-state index contributed by atoms with van der Waals surface area (Å²) in [5.74, 6) is -3.53. The maximum absolute atomic E-state index is 14.2. The molecule has 1 aliphatic rings. The minimum Gasteiger partial charge on any atom is -0.460 e. The van der Waals surface area contributed by atoms with Gasteiger partial charge in [-0.15, -0.1) is 0 Å². The first-order chi connectivity index (χ1) is 24.2. The van der Waals surface area contributed by atoms with Crippen LogP contribution >= 0.6 is 0 Å². The van der Waals surface area contributed by atoms with Crippen LogP contribution in [-0.4, -0.2) is 97.2 Å². The van der Waals surface area contributed by atoms with Crippen molar-refractivity contribution >= 4 is 45.6 Å². The number of alkyl carbamates (subject to hydrolysis) is 1. The highest BCUT2D eigenvalue weighted by molar-refractivity contribution is 7.93. The van der Waals surface area contributed by atoms with Crippen molar-refractivity contribution in [2.24, 2.45) is 5.41 Å². The molecule has 2 rings (SSSR count). The molecule has 1 heterocycles. The lowest BCUT2D eigenvalue weighted by Gasteiger charge is -2.36. The topological polar surface area (TPSA) is 204 Å². The van der Waals surface area contributed by atoms with Crippen molar-refractivity contribution in [3.8, 4) is 0 Å². The van der Waals surface area contributed by atoms with Crippen LogP contribution in [0, 0.1) is 5.41 Å². The Hall–Kier alpha value is -4.47. The average Bonchev–Trinajstić information content (AvgIpc) is 3.49. The molecule has 53 heavy (non-hydrogen) atoms. The lowest BCUT2D eigenvalue weighted by Crippen LogP contribution is -2.60. The van der Waals surface area contributed by atoms with E-state index in [0.29, 0.717) is 12.0 Å². The highest BCUT2D eigenvalue weighted by Crippen LogP contribution is 2.26. The first-order valence-corrected chi connectivity index (χ1v) is 19.4. The van der Waals surface area contributed by atoms with Gasteiger partial charge in [0, 0.05) is 18.2 Å². The van der Waals surface area contributed by atoms with E-state index < -0.39 is 92.8 Å². The molecule has 1 saturated heterocycles. The quantitative estimate of drug-likeness (QED) is 0.185. The fourth-order valence-corrected chi connectivity index (χ4v) is 5.75. The molecule has 0 aromatic heterocycles. The summed E-state index contributed by atoms with van der Waals surface area (Å²) in [6.45, 7) is 15.2. The molecule has 3 N–H and O–H groups in total. The van der Waals surface area contributed by atoms with Crippen LogP contribution in [0.2, 0.25) is 0 Å². The molecule has 0 saturated carbocycles. The molecule has 4 atom stereocenters. The number of benzene rings is 1. The summed E-state index contributed by atoms with van der Waals surface area (Å²) in [5, 5.41) is 8.66. The number of rotatable bonds is 14. The number of sulfone groups is 1. The van der Waals surface area contributed by atoms with Gasteiger partial charge in [0.25, 0.3) is 0 Å². The molecule has 0 aliphatic carbocycles. The Labute approximate surface area is 312 Å². The highest BCUT2D eigenvalue weighted by Gasteiger charge is 2.43. The van der Waals surface area contributed by atoms with E-state index in [1.165, 1.54) is 11.0 Å². The Morgan fingerprint density at radius 2 is 1.42 bits per heavy atom. The van der Waals surface area contributed by atoms with Crippen LogP contribution < -0.4 is 16.0 Å². The van der Waals surface area contributed by atoms with E-state index in [1.54, 1.807) is 92.6 Å². The molecule has 15 nitrogen and oxygen atoms in total. The number of ether oxygens (including phenoxy) is 3. The standard InChI is InChI=1S/C37H56N4O11S/c1-35(2,3)30(40-31(44)26(22-29(43)52-37(7,8)9)39-34(47)50-23-24-15-12-11-13-16-24)33(46)41-19-14-17-27(41)32(45)38-25(18-20-53(10,48)49)21-28(42)51-36(4,5)6/h11-13,15-16,18,20,25-27,30H,14,17,19,21-23H2,1-10H3,(H,38,45)(H,39,47)(H,40,44)/t25-,26+,27-,30+/m1/s1. The lowest BCUT2D eigenvalue weighted by molar-refractivity contribution is -0.157. The Balaban J connectivity index is 2.30. The Bertz CT molecular complexity index is 1610. The zero-order valence-corrected chi connectivity index (χ0v) is 33.3. The van der Waals surface area contributed by atoms with Crippen molar-refractivity contribution in [3.63, 3.8) is 0 Å². The van der Waals surface area contributed by atoms with Crippen molar-refractivity contribution in [1.29, 1.82) is 0 Å². The summed E-state index contributed by atoms with van der Waals surface area (Å²) in [6.07, 6.45) is 0.945. The SMILES string of the molecule is CC(C)(C)OC(=O)C[C@@H](C=CS(C)(=O)=O)NC(=O)[C@H]1CCCN1C(=O)[C@H](NC(=O)[C@H](CC(=O)OC(C)(C)C)NC(=O)OCc1ccccc1)C(C)(C)C. The molecule has 0 spiro atoms. The third kappa shape index (κ3) is 16.8. The molecule has 0 bridgehead atoms. The van der Waals surface area contributed by atoms with Crippen LogP contribution in [0.4, 0.5) is 4.79 Å². The largest absolute Gasteiger partial charge is 0.460 e. The number of amides is 4. The molecule has 1 fully saturated rings. The third-order valence-corrected chi connectivity index (χ3v) is 8.19. The number of nitrogens with zero attached hydrogens (tertiary/aromatic N) is 1. The average molecular weight is 765 g/mol. The van der Waals surface area contributed by atoms with E-state index in [9.17, 15) is 37.2 Å². The minimum atomic E-state index is -3.61. The van der Waals surface area contributed by atoms with Gasteiger partial charge >= 0.3 is 18.0 Å². The van der Waals surface area contributed by atoms with E-state index in [1.807, 2.05) is 0 Å². The van der Waals surface area contributed by atoms with Gasteiger partial charge in [-0.1, -0.05) is 57.2 Å². The van der Waals surface area contributed by atoms with Gasteiger partial charge in [0.1, 0.15) is 35.9 Å². The van der Waals surface area contributed by atoms with Gasteiger partial charge in [-0.25, -0.2) is 13.2 Å². The first-order valence-electron chi connectivity index (χ1n) is 17.4. The van der Waals surface area contributed by atoms with Crippen LogP contribution in [0.25, 0.3) is 0 Å². The molecule has 1 aliphatic heterocycles. The van der Waals surface area contributed by atoms with E-state index in [0.717, 1.165) is 11.7 Å². The fraction of sp³-hybridized carbons (Fsp3) is 0.622. The van der Waals surface area contributed by atoms with Crippen molar-refractivity contribution in [2.45, 2.75) is 130 Å². The molecule has 0 radical (unpaired) electrons. The number of hydrogen-bond acceptors (Lipinski definition) is 11. The van der Waals surface area contributed by atoms with Crippen molar-refractivity contribution < 1.29 is 51.4 Å². The monoisotopic (exact) mass is 764 g/mol. The van der Waals surface area contributed by atoms with E-state index in [-0.39, 0.29) is 26.0 Å². The zero-order chi connectivity index (χ0) is 40.4. The van der Waals surface area contributed by atoms with Crippen LogP contribution in [0.15, 0.2) is 41.8 Å². The smallest absolute Gasteiger partial charge is 0.408 e. The van der Waals surface area contributed by atoms with Gasteiger partial charge in [0.05, 0.1) is 18.9 Å². The van der Waals surface area contributed by atoms with Gasteiger partial charge in [-0.05, 0) is 65.4 Å². The second-order valence-electron chi connectivity index (χ2n) is 16.1. The van der Waals surface area contributed by atoms with Crippen LogP contribution in [0.1, 0.15) is 93.6 Å². The zero-order valence-electron chi connectivity index (χ0n) is 32.4. The predicted molar refractivity (Wildman–Crippen MR) is 197 cm³/mol. The van der Waals surface area contributed by atoms with Gasteiger partial charge in [0.2, 0.25) is 17.7 Å². The lowest BCUT2D eigenvalue weighted by atomic mass is 9.85. The molecular formula is C37H56N4O11S. The number of likely N-dealkylation sites (tertiary alicyclic amines) is 1. The second-order valence-corrected chi connectivity index (χ2v) is 18.0. The highest BCUT2D eigenvalue weighted by atomic mass is 32.2. The second kappa shape index (κ2) is 18.5. The van der Waals surface area contributed by atoms with Gasteiger partial charge in [-0.2, -0.15) is 0 Å². The molecule has 4 amide bonds. The summed E-state index contributed by atoms with van der Waals surface area (Å²) in [5.41, 5.74) is -1.93. The maximum Gasteiger partial charge on any atom is 0.408 e. The summed E-state index contributed by atoms with van der Waals surface area (Å²) in [4.78, 5) is 81.2. The number of carbonyl (C=O) groups is 6. The van der Waals surface area contributed by atoms with Gasteiger partial charge < -0.3 is 35.1 Å². The number of nitrogens with one attached hydrogen (secondary N) is 3. The molecule has 1 aromatic carbocycles. The summed E-state index contributed by atoms with van der Waals surface area (Å²) in [7, 11) is -3.61. The summed E-state index contributed by atoms with van der Waals surface area (Å²) >= 11 is 0.